The Balaban J connectivity index is 1.86. The lowest BCUT2D eigenvalue weighted by atomic mass is 9.80. The van der Waals surface area contributed by atoms with Gasteiger partial charge in [-0.1, -0.05) is 6.42 Å². The van der Waals surface area contributed by atoms with Gasteiger partial charge in [0.05, 0.1) is 0 Å². The van der Waals surface area contributed by atoms with E-state index in [9.17, 15) is 0 Å². The number of ether oxygens (including phenoxy) is 1. The summed E-state index contributed by atoms with van der Waals surface area (Å²) in [5, 5.41) is 3.38. The van der Waals surface area contributed by atoms with Crippen LogP contribution in [0.2, 0.25) is 0 Å². The minimum absolute atomic E-state index is 0.566. The molecule has 1 aromatic rings. The van der Waals surface area contributed by atoms with Crippen LogP contribution in [0, 0.1) is 5.92 Å². The molecule has 1 saturated carbocycles. The van der Waals surface area contributed by atoms with E-state index in [2.05, 4.69) is 28.0 Å². The molecular weight excluding hydrogens is 214 g/mol. The van der Waals surface area contributed by atoms with Crippen molar-refractivity contribution in [2.75, 3.05) is 25.6 Å². The van der Waals surface area contributed by atoms with Crippen LogP contribution >= 0.6 is 0 Å². The maximum Gasteiger partial charge on any atom is 0.203 e. The Morgan fingerprint density at radius 3 is 3.06 bits per heavy atom. The van der Waals surface area contributed by atoms with Crippen molar-refractivity contribution in [1.29, 1.82) is 0 Å². The quantitative estimate of drug-likeness (QED) is 0.741. The third kappa shape index (κ3) is 3.00. The molecule has 4 heteroatoms. The van der Waals surface area contributed by atoms with E-state index < -0.39 is 0 Å². The number of rotatable bonds is 7. The number of nitrogens with zero attached hydrogens (tertiary/aromatic N) is 2. The van der Waals surface area contributed by atoms with Crippen LogP contribution in [-0.2, 0) is 4.74 Å². The first-order valence-corrected chi connectivity index (χ1v) is 6.58. The van der Waals surface area contributed by atoms with Gasteiger partial charge < -0.3 is 14.6 Å². The van der Waals surface area contributed by atoms with Crippen molar-refractivity contribution in [3.8, 4) is 0 Å². The number of methoxy groups -OCH3 is 1. The number of hydrogen-bond donors (Lipinski definition) is 1. The average Bonchev–Trinajstić information content (AvgIpc) is 2.70. The molecule has 1 aliphatic rings. The maximum absolute atomic E-state index is 5.04. The van der Waals surface area contributed by atoms with E-state index >= 15 is 0 Å². The first kappa shape index (κ1) is 12.4. The zero-order valence-corrected chi connectivity index (χ0v) is 10.9. The van der Waals surface area contributed by atoms with Crippen LogP contribution in [-0.4, -0.2) is 29.8 Å². The van der Waals surface area contributed by atoms with E-state index in [0.29, 0.717) is 6.04 Å². The minimum Gasteiger partial charge on any atom is -0.385 e. The molecule has 1 aromatic heterocycles. The summed E-state index contributed by atoms with van der Waals surface area (Å²) in [6.07, 6.45) is 9.10. The van der Waals surface area contributed by atoms with E-state index in [-0.39, 0.29) is 0 Å². The Morgan fingerprint density at radius 2 is 2.41 bits per heavy atom. The molecule has 1 unspecified atom stereocenters. The summed E-state index contributed by atoms with van der Waals surface area (Å²) in [5.41, 5.74) is 0. The lowest BCUT2D eigenvalue weighted by molar-refractivity contribution is 0.197. The van der Waals surface area contributed by atoms with Crippen LogP contribution in [0.3, 0.4) is 0 Å². The van der Waals surface area contributed by atoms with Crippen molar-refractivity contribution in [2.45, 2.75) is 38.6 Å². The molecule has 0 aliphatic heterocycles. The van der Waals surface area contributed by atoms with Gasteiger partial charge in [0.15, 0.2) is 0 Å². The summed E-state index contributed by atoms with van der Waals surface area (Å²) < 4.78 is 7.31. The summed E-state index contributed by atoms with van der Waals surface area (Å²) >= 11 is 0. The highest BCUT2D eigenvalue weighted by molar-refractivity contribution is 5.26. The summed E-state index contributed by atoms with van der Waals surface area (Å²) in [6.45, 7) is 4.01. The Kier molecular flexibility index (Phi) is 4.42. The third-order valence-corrected chi connectivity index (χ3v) is 3.75. The van der Waals surface area contributed by atoms with Crippen molar-refractivity contribution in [3.63, 3.8) is 0 Å². The van der Waals surface area contributed by atoms with Gasteiger partial charge in [-0.3, -0.25) is 0 Å². The maximum atomic E-state index is 5.04. The predicted octanol–water partition coefficient (Wildman–Crippen LogP) is 2.69. The summed E-state index contributed by atoms with van der Waals surface area (Å²) in [5.74, 6) is 1.84. The Hall–Kier alpha value is -1.03. The predicted molar refractivity (Wildman–Crippen MR) is 69.3 cm³/mol. The molecule has 1 heterocycles. The van der Waals surface area contributed by atoms with Crippen LogP contribution in [0.4, 0.5) is 5.95 Å². The fourth-order valence-corrected chi connectivity index (χ4v) is 2.34. The van der Waals surface area contributed by atoms with Crippen LogP contribution in [0.25, 0.3) is 0 Å². The van der Waals surface area contributed by atoms with Crippen molar-refractivity contribution >= 4 is 5.95 Å². The molecule has 1 atom stereocenters. The highest BCUT2D eigenvalue weighted by atomic mass is 16.5. The first-order valence-electron chi connectivity index (χ1n) is 6.58. The fourth-order valence-electron chi connectivity index (χ4n) is 2.34. The lowest BCUT2D eigenvalue weighted by Crippen LogP contribution is -2.24. The molecule has 96 valence electrons. The van der Waals surface area contributed by atoms with Crippen LogP contribution in [0.1, 0.15) is 38.6 Å². The molecular formula is C13H23N3O. The molecule has 4 nitrogen and oxygen atoms in total. The molecule has 0 radical (unpaired) electrons. The van der Waals surface area contributed by atoms with Gasteiger partial charge in [-0.15, -0.1) is 0 Å². The van der Waals surface area contributed by atoms with E-state index in [0.717, 1.165) is 31.4 Å². The average molecular weight is 237 g/mol. The second-order valence-electron chi connectivity index (χ2n) is 4.86. The molecule has 0 saturated heterocycles. The Labute approximate surface area is 103 Å². The number of anilines is 1. The SMILES string of the molecule is COCCCNc1nccn1C(C)C1CCC1. The molecule has 0 spiro atoms. The molecule has 1 aliphatic carbocycles. The zero-order chi connectivity index (χ0) is 12.1. The van der Waals surface area contributed by atoms with Crippen LogP contribution in [0.15, 0.2) is 12.4 Å². The molecule has 1 fully saturated rings. The highest BCUT2D eigenvalue weighted by Gasteiger charge is 2.26. The molecule has 0 bridgehead atoms. The fraction of sp³-hybridized carbons (Fsp3) is 0.769. The highest BCUT2D eigenvalue weighted by Crippen LogP contribution is 2.36. The number of aromatic nitrogens is 2. The van der Waals surface area contributed by atoms with Gasteiger partial charge in [0.2, 0.25) is 5.95 Å². The van der Waals surface area contributed by atoms with Gasteiger partial charge in [0.1, 0.15) is 0 Å². The molecule has 2 rings (SSSR count). The molecule has 0 aromatic carbocycles. The van der Waals surface area contributed by atoms with Gasteiger partial charge >= 0.3 is 0 Å². The van der Waals surface area contributed by atoms with E-state index in [1.165, 1.54) is 19.3 Å². The second kappa shape index (κ2) is 6.05. The third-order valence-electron chi connectivity index (χ3n) is 3.75. The van der Waals surface area contributed by atoms with Crippen molar-refractivity contribution in [3.05, 3.63) is 12.4 Å². The Morgan fingerprint density at radius 1 is 1.59 bits per heavy atom. The number of hydrogen-bond acceptors (Lipinski definition) is 3. The van der Waals surface area contributed by atoms with Gasteiger partial charge in [0.25, 0.3) is 0 Å². The monoisotopic (exact) mass is 237 g/mol. The number of imidazole rings is 1. The van der Waals surface area contributed by atoms with Gasteiger partial charge in [-0.05, 0) is 32.1 Å². The summed E-state index contributed by atoms with van der Waals surface area (Å²) in [6, 6.07) is 0.566. The first-order chi connectivity index (χ1) is 8.33. The smallest absolute Gasteiger partial charge is 0.203 e. The molecule has 17 heavy (non-hydrogen) atoms. The summed E-state index contributed by atoms with van der Waals surface area (Å²) in [4.78, 5) is 4.39. The van der Waals surface area contributed by atoms with Crippen molar-refractivity contribution in [2.24, 2.45) is 5.92 Å². The van der Waals surface area contributed by atoms with Crippen molar-refractivity contribution < 1.29 is 4.74 Å². The normalized spacial score (nSPS) is 17.8. The minimum atomic E-state index is 0.566. The largest absolute Gasteiger partial charge is 0.385 e. The molecule has 1 N–H and O–H groups in total. The topological polar surface area (TPSA) is 39.1 Å². The van der Waals surface area contributed by atoms with Crippen LogP contribution in [0.5, 0.6) is 0 Å². The van der Waals surface area contributed by atoms with Gasteiger partial charge in [0, 0.05) is 38.7 Å². The lowest BCUT2D eigenvalue weighted by Gasteiger charge is -2.33. The summed E-state index contributed by atoms with van der Waals surface area (Å²) in [7, 11) is 1.74. The van der Waals surface area contributed by atoms with Crippen molar-refractivity contribution in [1.82, 2.24) is 9.55 Å². The zero-order valence-electron chi connectivity index (χ0n) is 10.9. The standard InChI is InChI=1S/C13H23N3O/c1-11(12-5-3-6-12)16-9-8-15-13(16)14-7-4-10-17-2/h8-9,11-12H,3-7,10H2,1-2H3,(H,14,15). The Bertz CT molecular complexity index is 333. The van der Waals surface area contributed by atoms with Gasteiger partial charge in [-0.2, -0.15) is 0 Å². The second-order valence-corrected chi connectivity index (χ2v) is 4.86. The van der Waals surface area contributed by atoms with E-state index in [1.807, 2.05) is 6.20 Å². The van der Waals surface area contributed by atoms with E-state index in [1.54, 1.807) is 7.11 Å². The number of nitrogens with one attached hydrogen (secondary N) is 1. The van der Waals surface area contributed by atoms with Gasteiger partial charge in [-0.25, -0.2) is 4.98 Å². The van der Waals surface area contributed by atoms with E-state index in [4.69, 9.17) is 4.74 Å². The van der Waals surface area contributed by atoms with Crippen LogP contribution < -0.4 is 5.32 Å². The molecule has 0 amide bonds.